The van der Waals surface area contributed by atoms with Crippen LogP contribution in [0.1, 0.15) is 50.3 Å². The van der Waals surface area contributed by atoms with E-state index in [1.807, 2.05) is 26.0 Å². The molecule has 0 aliphatic carbocycles. The first-order valence-corrected chi connectivity index (χ1v) is 9.28. The lowest BCUT2D eigenvalue weighted by Crippen LogP contribution is -2.26. The number of ether oxygens (including phenoxy) is 2. The minimum atomic E-state index is 0.00925. The number of thiophene rings is 1. The summed E-state index contributed by atoms with van der Waals surface area (Å²) in [5.41, 5.74) is 2.83. The van der Waals surface area contributed by atoms with Crippen LogP contribution < -0.4 is 4.74 Å². The molecule has 5 nitrogen and oxygen atoms in total. The molecule has 1 aliphatic heterocycles. The molecule has 1 fully saturated rings. The van der Waals surface area contributed by atoms with Crippen molar-refractivity contribution < 1.29 is 14.3 Å². The molecule has 2 aromatic heterocycles. The van der Waals surface area contributed by atoms with Crippen LogP contribution in [0.4, 0.5) is 0 Å². The Morgan fingerprint density at radius 3 is 2.92 bits per heavy atom. The summed E-state index contributed by atoms with van der Waals surface area (Å²) < 4.78 is 11.2. The number of hydrogen-bond acceptors (Lipinski definition) is 5. The molecule has 6 heteroatoms. The Bertz CT molecular complexity index is 766. The molecule has 2 aromatic rings. The van der Waals surface area contributed by atoms with Gasteiger partial charge in [-0.05, 0) is 38.8 Å². The van der Waals surface area contributed by atoms with Crippen LogP contribution in [-0.4, -0.2) is 36.6 Å². The van der Waals surface area contributed by atoms with E-state index in [2.05, 4.69) is 4.98 Å². The molecule has 1 amide bonds. The van der Waals surface area contributed by atoms with Gasteiger partial charge in [0.2, 0.25) is 0 Å². The first-order valence-electron chi connectivity index (χ1n) is 8.47. The van der Waals surface area contributed by atoms with Gasteiger partial charge >= 0.3 is 0 Å². The molecule has 0 N–H and O–H groups in total. The standard InChI is InChI=1S/C19H24N2O3S/c1-12-10-20-14(13(2)18(12)23-4)11-21(3)19(22)17-8-7-16(25-17)15-6-5-9-24-15/h7-8,10,15H,5-6,9,11H2,1-4H3/t15-/m0/s1. The van der Waals surface area contributed by atoms with Gasteiger partial charge in [-0.25, -0.2) is 0 Å². The number of pyridine rings is 1. The summed E-state index contributed by atoms with van der Waals surface area (Å²) >= 11 is 1.53. The monoisotopic (exact) mass is 360 g/mol. The van der Waals surface area contributed by atoms with Crippen LogP contribution in [-0.2, 0) is 11.3 Å². The Labute approximate surface area is 152 Å². The maximum atomic E-state index is 12.7. The van der Waals surface area contributed by atoms with E-state index in [0.29, 0.717) is 6.54 Å². The quantitative estimate of drug-likeness (QED) is 0.812. The third kappa shape index (κ3) is 3.70. The number of nitrogens with zero attached hydrogens (tertiary/aromatic N) is 2. The van der Waals surface area contributed by atoms with Gasteiger partial charge in [-0.1, -0.05) is 0 Å². The Morgan fingerprint density at radius 2 is 2.24 bits per heavy atom. The molecule has 25 heavy (non-hydrogen) atoms. The highest BCUT2D eigenvalue weighted by molar-refractivity contribution is 7.14. The molecule has 0 spiro atoms. The maximum absolute atomic E-state index is 12.7. The molecule has 0 unspecified atom stereocenters. The predicted octanol–water partition coefficient (Wildman–Crippen LogP) is 3.89. The van der Waals surface area contributed by atoms with Crippen molar-refractivity contribution in [2.75, 3.05) is 20.8 Å². The molecular weight excluding hydrogens is 336 g/mol. The van der Waals surface area contributed by atoms with E-state index in [-0.39, 0.29) is 12.0 Å². The highest BCUT2D eigenvalue weighted by Crippen LogP contribution is 2.33. The Hall–Kier alpha value is -1.92. The second kappa shape index (κ2) is 7.54. The zero-order chi connectivity index (χ0) is 18.0. The molecule has 1 saturated heterocycles. The number of aryl methyl sites for hydroxylation is 1. The molecule has 3 rings (SSSR count). The van der Waals surface area contributed by atoms with Gasteiger partial charge in [0, 0.05) is 35.9 Å². The molecule has 3 heterocycles. The lowest BCUT2D eigenvalue weighted by Gasteiger charge is -2.19. The van der Waals surface area contributed by atoms with Gasteiger partial charge in [-0.3, -0.25) is 9.78 Å². The zero-order valence-corrected chi connectivity index (χ0v) is 16.0. The van der Waals surface area contributed by atoms with Crippen LogP contribution in [0.2, 0.25) is 0 Å². The van der Waals surface area contributed by atoms with E-state index in [4.69, 9.17) is 9.47 Å². The molecular formula is C19H24N2O3S. The van der Waals surface area contributed by atoms with Crippen LogP contribution in [0.25, 0.3) is 0 Å². The van der Waals surface area contributed by atoms with Crippen LogP contribution in [0, 0.1) is 13.8 Å². The zero-order valence-electron chi connectivity index (χ0n) is 15.2. The van der Waals surface area contributed by atoms with Gasteiger partial charge in [0.1, 0.15) is 5.75 Å². The summed E-state index contributed by atoms with van der Waals surface area (Å²) in [5.74, 6) is 0.845. The minimum Gasteiger partial charge on any atom is -0.496 e. The van der Waals surface area contributed by atoms with Crippen molar-refractivity contribution in [2.24, 2.45) is 0 Å². The van der Waals surface area contributed by atoms with E-state index in [9.17, 15) is 4.79 Å². The number of hydrogen-bond donors (Lipinski definition) is 0. The predicted molar refractivity (Wildman–Crippen MR) is 98.3 cm³/mol. The molecule has 1 atom stereocenters. The third-order valence-electron chi connectivity index (χ3n) is 4.57. The number of aromatic nitrogens is 1. The van der Waals surface area contributed by atoms with E-state index in [0.717, 1.165) is 51.8 Å². The average Bonchev–Trinajstić information content (AvgIpc) is 3.28. The Kier molecular flexibility index (Phi) is 5.39. The topological polar surface area (TPSA) is 51.7 Å². The third-order valence-corrected chi connectivity index (χ3v) is 5.73. The average molecular weight is 360 g/mol. The van der Waals surface area contributed by atoms with Gasteiger partial charge in [-0.15, -0.1) is 11.3 Å². The second-order valence-corrected chi connectivity index (χ2v) is 7.53. The smallest absolute Gasteiger partial charge is 0.264 e. The fraction of sp³-hybridized carbons (Fsp3) is 0.474. The summed E-state index contributed by atoms with van der Waals surface area (Å²) in [5, 5.41) is 0. The lowest BCUT2D eigenvalue weighted by molar-refractivity contribution is 0.0788. The van der Waals surface area contributed by atoms with Gasteiger partial charge in [-0.2, -0.15) is 0 Å². The maximum Gasteiger partial charge on any atom is 0.264 e. The molecule has 0 radical (unpaired) electrons. The van der Waals surface area contributed by atoms with Crippen molar-refractivity contribution >= 4 is 17.2 Å². The number of carbonyl (C=O) groups is 1. The molecule has 134 valence electrons. The first kappa shape index (κ1) is 17.9. The van der Waals surface area contributed by atoms with E-state index < -0.39 is 0 Å². The summed E-state index contributed by atoms with van der Waals surface area (Å²) in [6.07, 6.45) is 4.07. The number of rotatable bonds is 5. The molecule has 1 aliphatic rings. The second-order valence-electron chi connectivity index (χ2n) is 6.41. The lowest BCUT2D eigenvalue weighted by atomic mass is 10.1. The first-order chi connectivity index (χ1) is 12.0. The van der Waals surface area contributed by atoms with Gasteiger partial charge in [0.25, 0.3) is 5.91 Å². The summed E-state index contributed by atoms with van der Waals surface area (Å²) in [7, 11) is 3.47. The van der Waals surface area contributed by atoms with Gasteiger partial charge in [0.15, 0.2) is 0 Å². The number of amides is 1. The van der Waals surface area contributed by atoms with Gasteiger partial charge in [0.05, 0.1) is 30.3 Å². The van der Waals surface area contributed by atoms with Crippen molar-refractivity contribution in [3.8, 4) is 5.75 Å². The van der Waals surface area contributed by atoms with Crippen LogP contribution >= 0.6 is 11.3 Å². The molecule has 0 aromatic carbocycles. The summed E-state index contributed by atoms with van der Waals surface area (Å²) in [6.45, 7) is 5.21. The van der Waals surface area contributed by atoms with Crippen molar-refractivity contribution in [3.05, 3.63) is 44.9 Å². The van der Waals surface area contributed by atoms with Crippen molar-refractivity contribution in [1.82, 2.24) is 9.88 Å². The van der Waals surface area contributed by atoms with Crippen molar-refractivity contribution in [3.63, 3.8) is 0 Å². The summed E-state index contributed by atoms with van der Waals surface area (Å²) in [4.78, 5) is 20.8. The Balaban J connectivity index is 1.73. The normalized spacial score (nSPS) is 16.9. The van der Waals surface area contributed by atoms with Crippen LogP contribution in [0.5, 0.6) is 5.75 Å². The Morgan fingerprint density at radius 1 is 1.44 bits per heavy atom. The van der Waals surface area contributed by atoms with E-state index in [1.165, 1.54) is 11.3 Å². The van der Waals surface area contributed by atoms with Gasteiger partial charge < -0.3 is 14.4 Å². The van der Waals surface area contributed by atoms with E-state index in [1.54, 1.807) is 25.3 Å². The fourth-order valence-corrected chi connectivity index (χ4v) is 4.24. The molecule has 0 bridgehead atoms. The SMILES string of the molecule is COc1c(C)cnc(CN(C)C(=O)c2ccc([C@@H]3CCCO3)s2)c1C. The van der Waals surface area contributed by atoms with E-state index >= 15 is 0 Å². The number of carbonyl (C=O) groups excluding carboxylic acids is 1. The number of methoxy groups -OCH3 is 1. The van der Waals surface area contributed by atoms with Crippen molar-refractivity contribution in [1.29, 1.82) is 0 Å². The minimum absolute atomic E-state index is 0.00925. The fourth-order valence-electron chi connectivity index (χ4n) is 3.16. The molecule has 0 saturated carbocycles. The van der Waals surface area contributed by atoms with Crippen LogP contribution in [0.15, 0.2) is 18.3 Å². The van der Waals surface area contributed by atoms with Crippen molar-refractivity contribution in [2.45, 2.75) is 39.3 Å². The highest BCUT2D eigenvalue weighted by atomic mass is 32.1. The summed E-state index contributed by atoms with van der Waals surface area (Å²) in [6, 6.07) is 3.91. The van der Waals surface area contributed by atoms with Crippen LogP contribution in [0.3, 0.4) is 0 Å². The highest BCUT2D eigenvalue weighted by Gasteiger charge is 2.22. The largest absolute Gasteiger partial charge is 0.496 e.